The Kier molecular flexibility index (Phi) is 8.00. The molecule has 4 nitrogen and oxygen atoms in total. The molecule has 0 N–H and O–H groups in total. The Balaban J connectivity index is 2.12. The zero-order valence-corrected chi connectivity index (χ0v) is 13.3. The monoisotopic (exact) mass is 280 g/mol. The van der Waals surface area contributed by atoms with Crippen molar-refractivity contribution >= 4 is 6.03 Å². The van der Waals surface area contributed by atoms with E-state index in [1.807, 2.05) is 18.7 Å². The number of aryl methyl sites for hydroxylation is 1. The molecule has 4 heteroatoms. The summed E-state index contributed by atoms with van der Waals surface area (Å²) in [5, 5.41) is 0. The van der Waals surface area contributed by atoms with Gasteiger partial charge < -0.3 is 4.90 Å². The fraction of sp³-hybridized carbons (Fsp3) is 0.750. The van der Waals surface area contributed by atoms with Gasteiger partial charge in [-0.1, -0.05) is 45.4 Å². The van der Waals surface area contributed by atoms with Crippen molar-refractivity contribution < 1.29 is 9.36 Å². The van der Waals surface area contributed by atoms with Crippen LogP contribution in [0.25, 0.3) is 0 Å². The Bertz CT molecular complexity index is 385. The summed E-state index contributed by atoms with van der Waals surface area (Å²) in [6, 6.07) is -0.000302. The average molecular weight is 280 g/mol. The first-order chi connectivity index (χ1) is 9.65. The number of hydrogen-bond acceptors (Lipinski definition) is 1. The maximum Gasteiger partial charge on any atom is 0.415 e. The van der Waals surface area contributed by atoms with Gasteiger partial charge in [0.2, 0.25) is 0 Å². The van der Waals surface area contributed by atoms with Gasteiger partial charge in [-0.3, -0.25) is 0 Å². The molecule has 1 aromatic heterocycles. The van der Waals surface area contributed by atoms with Crippen molar-refractivity contribution in [3.63, 3.8) is 0 Å². The van der Waals surface area contributed by atoms with Gasteiger partial charge in [0.15, 0.2) is 0 Å². The maximum absolute atomic E-state index is 11.7. The molecule has 114 valence electrons. The highest BCUT2D eigenvalue weighted by atomic mass is 16.2. The fourth-order valence-electron chi connectivity index (χ4n) is 2.30. The second-order valence-electron chi connectivity index (χ2n) is 5.71. The van der Waals surface area contributed by atoms with Gasteiger partial charge in [0.1, 0.15) is 12.4 Å². The van der Waals surface area contributed by atoms with Crippen molar-refractivity contribution in [1.29, 1.82) is 0 Å². The molecule has 0 radical (unpaired) electrons. The number of carbonyl (C=O) groups is 1. The molecule has 0 bridgehead atoms. The Labute approximate surface area is 123 Å². The number of hydrogen-bond donors (Lipinski definition) is 0. The third-order valence-corrected chi connectivity index (χ3v) is 3.56. The van der Waals surface area contributed by atoms with E-state index in [9.17, 15) is 4.79 Å². The number of carbonyl (C=O) groups excluding carboxylic acids is 1. The molecule has 1 heterocycles. The minimum absolute atomic E-state index is 0.000302. The van der Waals surface area contributed by atoms with E-state index < -0.39 is 0 Å². The molecule has 0 aromatic carbocycles. The maximum atomic E-state index is 11.7. The summed E-state index contributed by atoms with van der Waals surface area (Å²) in [4.78, 5) is 13.3. The van der Waals surface area contributed by atoms with Gasteiger partial charge >= 0.3 is 6.03 Å². The Hall–Kier alpha value is -1.32. The highest BCUT2D eigenvalue weighted by Gasteiger charge is 2.13. The summed E-state index contributed by atoms with van der Waals surface area (Å²) < 4.78 is 3.73. The second-order valence-corrected chi connectivity index (χ2v) is 5.71. The normalized spacial score (nSPS) is 10.8. The van der Waals surface area contributed by atoms with Crippen molar-refractivity contribution in [1.82, 2.24) is 9.47 Å². The molecule has 1 rings (SSSR count). The van der Waals surface area contributed by atoms with E-state index in [2.05, 4.69) is 11.5 Å². The lowest BCUT2D eigenvalue weighted by atomic mass is 10.1. The lowest BCUT2D eigenvalue weighted by Crippen LogP contribution is -2.33. The standard InChI is InChI=1S/C16H30N3O/c1-4-5-6-7-8-9-10-11-12-18-13-14-19(15-18)16(20)17(2)3/h13-15H,4-12H2,1-3H3/q+1. The van der Waals surface area contributed by atoms with Crippen LogP contribution in [0, 0.1) is 0 Å². The largest absolute Gasteiger partial charge is 0.415 e. The molecule has 1 aromatic rings. The van der Waals surface area contributed by atoms with E-state index in [4.69, 9.17) is 0 Å². The van der Waals surface area contributed by atoms with Crippen molar-refractivity contribution in [2.45, 2.75) is 64.8 Å². The van der Waals surface area contributed by atoms with E-state index in [0.29, 0.717) is 0 Å². The van der Waals surface area contributed by atoms with Crippen molar-refractivity contribution in [3.8, 4) is 0 Å². The van der Waals surface area contributed by atoms with Gasteiger partial charge in [0.25, 0.3) is 6.33 Å². The molecule has 0 saturated heterocycles. The van der Waals surface area contributed by atoms with Crippen LogP contribution in [0.4, 0.5) is 4.79 Å². The highest BCUT2D eigenvalue weighted by molar-refractivity contribution is 5.75. The predicted octanol–water partition coefficient (Wildman–Crippen LogP) is 3.45. The van der Waals surface area contributed by atoms with Crippen LogP contribution in [0.5, 0.6) is 0 Å². The summed E-state index contributed by atoms with van der Waals surface area (Å²) >= 11 is 0. The Morgan fingerprint density at radius 3 is 2.25 bits per heavy atom. The smallest absolute Gasteiger partial charge is 0.310 e. The topological polar surface area (TPSA) is 29.1 Å². The molecule has 20 heavy (non-hydrogen) atoms. The summed E-state index contributed by atoms with van der Waals surface area (Å²) in [5.41, 5.74) is 0. The molecule has 0 spiro atoms. The number of imidazole rings is 1. The van der Waals surface area contributed by atoms with Crippen molar-refractivity contribution in [2.75, 3.05) is 14.1 Å². The van der Waals surface area contributed by atoms with Crippen molar-refractivity contribution in [3.05, 3.63) is 18.7 Å². The predicted molar refractivity (Wildman–Crippen MR) is 81.7 cm³/mol. The van der Waals surface area contributed by atoms with Crippen LogP contribution in [-0.2, 0) is 6.54 Å². The number of aromatic nitrogens is 2. The molecule has 0 unspecified atom stereocenters. The van der Waals surface area contributed by atoms with Gasteiger partial charge in [0, 0.05) is 14.1 Å². The van der Waals surface area contributed by atoms with Gasteiger partial charge in [-0.05, 0) is 12.8 Å². The minimum atomic E-state index is -0.000302. The van der Waals surface area contributed by atoms with E-state index in [0.717, 1.165) is 6.54 Å². The third kappa shape index (κ3) is 6.22. The summed E-state index contributed by atoms with van der Waals surface area (Å²) in [7, 11) is 3.54. The van der Waals surface area contributed by atoms with Crippen LogP contribution in [-0.4, -0.2) is 29.6 Å². The summed E-state index contributed by atoms with van der Waals surface area (Å²) in [5.74, 6) is 0. The van der Waals surface area contributed by atoms with Gasteiger partial charge in [-0.25, -0.2) is 9.36 Å². The highest BCUT2D eigenvalue weighted by Crippen LogP contribution is 2.08. The summed E-state index contributed by atoms with van der Waals surface area (Å²) in [6.45, 7) is 3.26. The van der Waals surface area contributed by atoms with E-state index in [-0.39, 0.29) is 6.03 Å². The molecule has 0 fully saturated rings. The molecule has 0 atom stereocenters. The SMILES string of the molecule is CCCCCCCCCC[n+]1ccn(C(=O)N(C)C)c1. The first-order valence-corrected chi connectivity index (χ1v) is 7.94. The summed E-state index contributed by atoms with van der Waals surface area (Å²) in [6.07, 6.45) is 16.3. The molecule has 0 saturated carbocycles. The van der Waals surface area contributed by atoms with Gasteiger partial charge in [-0.15, -0.1) is 0 Å². The fourth-order valence-corrected chi connectivity index (χ4v) is 2.30. The van der Waals surface area contributed by atoms with Crippen LogP contribution in [0.2, 0.25) is 0 Å². The Morgan fingerprint density at radius 1 is 1.05 bits per heavy atom. The van der Waals surface area contributed by atoms with E-state index in [1.165, 1.54) is 51.4 Å². The number of unbranched alkanes of at least 4 members (excludes halogenated alkanes) is 7. The van der Waals surface area contributed by atoms with E-state index >= 15 is 0 Å². The zero-order chi connectivity index (χ0) is 14.8. The van der Waals surface area contributed by atoms with E-state index in [1.54, 1.807) is 23.6 Å². The van der Waals surface area contributed by atoms with Crippen LogP contribution in [0.1, 0.15) is 58.3 Å². The zero-order valence-electron chi connectivity index (χ0n) is 13.3. The second kappa shape index (κ2) is 9.56. The van der Waals surface area contributed by atoms with Crippen LogP contribution in [0.15, 0.2) is 18.7 Å². The van der Waals surface area contributed by atoms with Crippen LogP contribution < -0.4 is 4.57 Å². The minimum Gasteiger partial charge on any atom is -0.310 e. The molecule has 0 aliphatic heterocycles. The van der Waals surface area contributed by atoms with Gasteiger partial charge in [-0.2, -0.15) is 4.57 Å². The van der Waals surface area contributed by atoms with Crippen LogP contribution >= 0.6 is 0 Å². The lowest BCUT2D eigenvalue weighted by molar-refractivity contribution is -0.696. The van der Waals surface area contributed by atoms with Crippen molar-refractivity contribution in [2.24, 2.45) is 0 Å². The Morgan fingerprint density at radius 2 is 1.65 bits per heavy atom. The third-order valence-electron chi connectivity index (χ3n) is 3.56. The first kappa shape index (κ1) is 16.7. The number of nitrogens with zero attached hydrogens (tertiary/aromatic N) is 3. The molecule has 1 amide bonds. The van der Waals surface area contributed by atoms with Crippen LogP contribution in [0.3, 0.4) is 0 Å². The quantitative estimate of drug-likeness (QED) is 0.503. The molecular weight excluding hydrogens is 250 g/mol. The lowest BCUT2D eigenvalue weighted by Gasteiger charge is -2.04. The first-order valence-electron chi connectivity index (χ1n) is 7.94. The van der Waals surface area contributed by atoms with Gasteiger partial charge in [0.05, 0.1) is 6.54 Å². The molecule has 0 aliphatic carbocycles. The number of rotatable bonds is 9. The molecule has 0 aliphatic rings. The average Bonchev–Trinajstić information content (AvgIpc) is 2.89. The molecular formula is C16H30N3O+. The number of amides is 1.